The van der Waals surface area contributed by atoms with Gasteiger partial charge in [-0.3, -0.25) is 4.68 Å². The van der Waals surface area contributed by atoms with Crippen LogP contribution in [0.2, 0.25) is 0 Å². The van der Waals surface area contributed by atoms with Crippen molar-refractivity contribution in [1.82, 2.24) is 15.1 Å². The number of aryl methyl sites for hydroxylation is 1. The zero-order valence-corrected chi connectivity index (χ0v) is 11.8. The summed E-state index contributed by atoms with van der Waals surface area (Å²) in [5.41, 5.74) is 1.65. The summed E-state index contributed by atoms with van der Waals surface area (Å²) in [4.78, 5) is 0. The summed E-state index contributed by atoms with van der Waals surface area (Å²) in [5.74, 6) is 0. The van der Waals surface area contributed by atoms with Crippen LogP contribution in [0.25, 0.3) is 0 Å². The van der Waals surface area contributed by atoms with Gasteiger partial charge in [0.1, 0.15) is 0 Å². The molecule has 102 valence electrons. The minimum atomic E-state index is 0.366. The number of hydrogen-bond acceptors (Lipinski definition) is 3. The maximum atomic E-state index is 5.43. The molecule has 0 amide bonds. The van der Waals surface area contributed by atoms with Crippen molar-refractivity contribution >= 4 is 0 Å². The van der Waals surface area contributed by atoms with Crippen LogP contribution in [0.15, 0.2) is 12.4 Å². The van der Waals surface area contributed by atoms with Gasteiger partial charge in [-0.2, -0.15) is 5.10 Å². The van der Waals surface area contributed by atoms with Crippen LogP contribution >= 0.6 is 0 Å². The van der Waals surface area contributed by atoms with Gasteiger partial charge in [0.2, 0.25) is 0 Å². The maximum absolute atomic E-state index is 5.43. The summed E-state index contributed by atoms with van der Waals surface area (Å²) in [6.07, 6.45) is 6.40. The minimum absolute atomic E-state index is 0.366. The van der Waals surface area contributed by atoms with E-state index in [1.807, 2.05) is 10.9 Å². The van der Waals surface area contributed by atoms with Crippen LogP contribution in [0.5, 0.6) is 0 Å². The molecule has 0 bridgehead atoms. The van der Waals surface area contributed by atoms with Gasteiger partial charge in [0, 0.05) is 44.1 Å². The van der Waals surface area contributed by atoms with Gasteiger partial charge in [0.15, 0.2) is 0 Å². The Bertz CT molecular complexity index is 369. The van der Waals surface area contributed by atoms with E-state index in [1.54, 1.807) is 0 Å². The lowest BCUT2D eigenvalue weighted by atomic mass is 9.82. The number of hydrogen-bond donors (Lipinski definition) is 1. The molecule has 0 radical (unpaired) electrons. The van der Waals surface area contributed by atoms with Gasteiger partial charge < -0.3 is 10.1 Å². The lowest BCUT2D eigenvalue weighted by Gasteiger charge is -2.34. The summed E-state index contributed by atoms with van der Waals surface area (Å²) in [5, 5.41) is 7.96. The first-order valence-electron chi connectivity index (χ1n) is 6.96. The first-order valence-corrected chi connectivity index (χ1v) is 6.96. The standard InChI is InChI=1S/C14H25N3O/c1-4-17-10-13(9-16-17)12(2)15-11-14(3)5-7-18-8-6-14/h9-10,12,15H,4-8,11H2,1-3H3. The van der Waals surface area contributed by atoms with Gasteiger partial charge in [0.25, 0.3) is 0 Å². The number of nitrogens with zero attached hydrogens (tertiary/aromatic N) is 2. The van der Waals surface area contributed by atoms with Gasteiger partial charge in [-0.15, -0.1) is 0 Å². The molecule has 1 aromatic rings. The fraction of sp³-hybridized carbons (Fsp3) is 0.786. The Hall–Kier alpha value is -0.870. The van der Waals surface area contributed by atoms with E-state index in [1.165, 1.54) is 5.56 Å². The van der Waals surface area contributed by atoms with Gasteiger partial charge in [-0.1, -0.05) is 6.92 Å². The third-order valence-electron chi connectivity index (χ3n) is 4.01. The van der Waals surface area contributed by atoms with Gasteiger partial charge in [-0.05, 0) is 32.1 Å². The molecule has 1 N–H and O–H groups in total. The number of ether oxygens (including phenoxy) is 1. The summed E-state index contributed by atoms with van der Waals surface area (Å²) in [6.45, 7) is 10.5. The molecule has 2 rings (SSSR count). The molecule has 0 aliphatic carbocycles. The first kappa shape index (κ1) is 13.6. The third kappa shape index (κ3) is 3.33. The molecule has 1 fully saturated rings. The Morgan fingerprint density at radius 2 is 2.22 bits per heavy atom. The minimum Gasteiger partial charge on any atom is -0.381 e. The molecule has 18 heavy (non-hydrogen) atoms. The van der Waals surface area contributed by atoms with Crippen molar-refractivity contribution in [2.75, 3.05) is 19.8 Å². The normalized spacial score (nSPS) is 20.8. The summed E-state index contributed by atoms with van der Waals surface area (Å²) in [6, 6.07) is 0.366. The van der Waals surface area contributed by atoms with E-state index in [4.69, 9.17) is 4.74 Å². The summed E-state index contributed by atoms with van der Waals surface area (Å²) in [7, 11) is 0. The van der Waals surface area contributed by atoms with E-state index >= 15 is 0 Å². The highest BCUT2D eigenvalue weighted by atomic mass is 16.5. The largest absolute Gasteiger partial charge is 0.381 e. The van der Waals surface area contributed by atoms with Crippen molar-refractivity contribution in [2.45, 2.75) is 46.2 Å². The molecule has 1 unspecified atom stereocenters. The molecule has 1 aromatic heterocycles. The van der Waals surface area contributed by atoms with Crippen molar-refractivity contribution in [1.29, 1.82) is 0 Å². The quantitative estimate of drug-likeness (QED) is 0.873. The Kier molecular flexibility index (Phi) is 4.40. The molecule has 1 aliphatic heterocycles. The van der Waals surface area contributed by atoms with E-state index in [-0.39, 0.29) is 0 Å². The van der Waals surface area contributed by atoms with Gasteiger partial charge in [-0.25, -0.2) is 0 Å². The third-order valence-corrected chi connectivity index (χ3v) is 4.01. The molecule has 0 saturated carbocycles. The number of aromatic nitrogens is 2. The van der Waals surface area contributed by atoms with Crippen LogP contribution in [0.3, 0.4) is 0 Å². The van der Waals surface area contributed by atoms with Crippen molar-refractivity contribution < 1.29 is 4.74 Å². The highest BCUT2D eigenvalue weighted by Crippen LogP contribution is 2.29. The van der Waals surface area contributed by atoms with Crippen LogP contribution in [0.4, 0.5) is 0 Å². The van der Waals surface area contributed by atoms with E-state index in [0.717, 1.165) is 39.1 Å². The van der Waals surface area contributed by atoms with Crippen molar-refractivity contribution in [3.05, 3.63) is 18.0 Å². The molecular formula is C14H25N3O. The summed E-state index contributed by atoms with van der Waals surface area (Å²) < 4.78 is 7.41. The highest BCUT2D eigenvalue weighted by molar-refractivity contribution is 5.09. The average molecular weight is 251 g/mol. The fourth-order valence-corrected chi connectivity index (χ4v) is 2.33. The second kappa shape index (κ2) is 5.85. The molecule has 2 heterocycles. The predicted octanol–water partition coefficient (Wildman–Crippen LogP) is 2.37. The maximum Gasteiger partial charge on any atom is 0.0537 e. The number of nitrogens with one attached hydrogen (secondary N) is 1. The molecule has 4 nitrogen and oxygen atoms in total. The molecule has 1 saturated heterocycles. The van der Waals surface area contributed by atoms with Gasteiger partial charge >= 0.3 is 0 Å². The van der Waals surface area contributed by atoms with Crippen LogP contribution in [0, 0.1) is 5.41 Å². The first-order chi connectivity index (χ1) is 8.63. The van der Waals surface area contributed by atoms with E-state index in [2.05, 4.69) is 37.4 Å². The van der Waals surface area contributed by atoms with E-state index < -0.39 is 0 Å². The van der Waals surface area contributed by atoms with E-state index in [0.29, 0.717) is 11.5 Å². The second-order valence-electron chi connectivity index (χ2n) is 5.65. The molecule has 1 aliphatic rings. The second-order valence-corrected chi connectivity index (χ2v) is 5.65. The van der Waals surface area contributed by atoms with Crippen molar-refractivity contribution in [3.8, 4) is 0 Å². The smallest absolute Gasteiger partial charge is 0.0537 e. The van der Waals surface area contributed by atoms with Crippen LogP contribution in [-0.2, 0) is 11.3 Å². The Labute approximate surface area is 110 Å². The Morgan fingerprint density at radius 1 is 1.50 bits per heavy atom. The topological polar surface area (TPSA) is 39.1 Å². The molecule has 1 atom stereocenters. The SMILES string of the molecule is CCn1cc(C(C)NCC2(C)CCOCC2)cn1. The fourth-order valence-electron chi connectivity index (χ4n) is 2.33. The molecule has 0 spiro atoms. The molecule has 4 heteroatoms. The summed E-state index contributed by atoms with van der Waals surface area (Å²) >= 11 is 0. The zero-order chi connectivity index (χ0) is 13.0. The predicted molar refractivity (Wildman–Crippen MR) is 72.5 cm³/mol. The van der Waals surface area contributed by atoms with Crippen LogP contribution in [0.1, 0.15) is 45.2 Å². The monoisotopic (exact) mass is 251 g/mol. The van der Waals surface area contributed by atoms with Crippen molar-refractivity contribution in [2.24, 2.45) is 5.41 Å². The number of rotatable bonds is 5. The van der Waals surface area contributed by atoms with E-state index in [9.17, 15) is 0 Å². The zero-order valence-electron chi connectivity index (χ0n) is 11.8. The lowest BCUT2D eigenvalue weighted by molar-refractivity contribution is 0.0231. The van der Waals surface area contributed by atoms with Crippen LogP contribution < -0.4 is 5.32 Å². The highest BCUT2D eigenvalue weighted by Gasteiger charge is 2.27. The molecular weight excluding hydrogens is 226 g/mol. The van der Waals surface area contributed by atoms with Gasteiger partial charge in [0.05, 0.1) is 6.20 Å². The average Bonchev–Trinajstić information content (AvgIpc) is 2.86. The molecule has 0 aromatic carbocycles. The van der Waals surface area contributed by atoms with Crippen molar-refractivity contribution in [3.63, 3.8) is 0 Å². The Balaban J connectivity index is 1.85. The Morgan fingerprint density at radius 3 is 2.83 bits per heavy atom. The lowest BCUT2D eigenvalue weighted by Crippen LogP contribution is -2.37. The van der Waals surface area contributed by atoms with Crippen LogP contribution in [-0.4, -0.2) is 29.5 Å².